The highest BCUT2D eigenvalue weighted by Crippen LogP contribution is 2.43. The first-order chi connectivity index (χ1) is 5.76. The zero-order chi connectivity index (χ0) is 8.60. The van der Waals surface area contributed by atoms with Gasteiger partial charge in [0.05, 0.1) is 6.61 Å². The van der Waals surface area contributed by atoms with Gasteiger partial charge in [0.2, 0.25) is 0 Å². The molecule has 0 radical (unpaired) electrons. The van der Waals surface area contributed by atoms with E-state index in [0.29, 0.717) is 5.92 Å². The van der Waals surface area contributed by atoms with Crippen LogP contribution < -0.4 is 0 Å². The number of aliphatic hydroxyl groups excluding tert-OH is 1. The molecule has 2 heteroatoms. The summed E-state index contributed by atoms with van der Waals surface area (Å²) >= 11 is 0. The maximum atomic E-state index is 10.0. The average Bonchev–Trinajstić information content (AvgIpc) is 2.54. The van der Waals surface area contributed by atoms with E-state index in [2.05, 4.69) is 6.08 Å². The molecule has 2 nitrogen and oxygen atoms in total. The third-order valence-electron chi connectivity index (χ3n) is 3.26. The van der Waals surface area contributed by atoms with Crippen molar-refractivity contribution in [3.8, 4) is 0 Å². The third-order valence-corrected chi connectivity index (χ3v) is 3.26. The zero-order valence-corrected chi connectivity index (χ0v) is 7.29. The lowest BCUT2D eigenvalue weighted by molar-refractivity contribution is -0.0102. The van der Waals surface area contributed by atoms with Crippen LogP contribution in [0.3, 0.4) is 0 Å². The fraction of sp³-hybridized carbons (Fsp3) is 0.800. The van der Waals surface area contributed by atoms with E-state index in [4.69, 9.17) is 5.11 Å². The Hall–Kier alpha value is -0.340. The summed E-state index contributed by atoms with van der Waals surface area (Å²) in [7, 11) is 0. The summed E-state index contributed by atoms with van der Waals surface area (Å²) < 4.78 is 0. The second-order valence-corrected chi connectivity index (χ2v) is 4.02. The predicted octanol–water partition coefficient (Wildman–Crippen LogP) is 1.23. The lowest BCUT2D eigenvalue weighted by Gasteiger charge is -2.36. The van der Waals surface area contributed by atoms with Crippen LogP contribution in [0.15, 0.2) is 11.6 Å². The van der Waals surface area contributed by atoms with E-state index in [0.717, 1.165) is 24.8 Å². The number of fused-ring (bicyclic) bond motifs is 1. The number of rotatable bonds is 1. The number of hydrogen-bond acceptors (Lipinski definition) is 2. The van der Waals surface area contributed by atoms with E-state index in [1.165, 1.54) is 12.8 Å². The van der Waals surface area contributed by atoms with E-state index >= 15 is 0 Å². The van der Waals surface area contributed by atoms with Crippen LogP contribution in [0.5, 0.6) is 0 Å². The first-order valence-corrected chi connectivity index (χ1v) is 4.80. The highest BCUT2D eigenvalue weighted by molar-refractivity contribution is 5.26. The van der Waals surface area contributed by atoms with Crippen LogP contribution in [0.1, 0.15) is 32.1 Å². The zero-order valence-electron chi connectivity index (χ0n) is 7.29. The van der Waals surface area contributed by atoms with Crippen LogP contribution >= 0.6 is 0 Å². The first-order valence-electron chi connectivity index (χ1n) is 4.80. The topological polar surface area (TPSA) is 40.5 Å². The van der Waals surface area contributed by atoms with Crippen LogP contribution in [0.4, 0.5) is 0 Å². The van der Waals surface area contributed by atoms with Crippen molar-refractivity contribution in [3.63, 3.8) is 0 Å². The van der Waals surface area contributed by atoms with Crippen molar-refractivity contribution in [1.29, 1.82) is 0 Å². The molecule has 0 aromatic rings. The fourth-order valence-electron chi connectivity index (χ4n) is 2.59. The van der Waals surface area contributed by atoms with Crippen molar-refractivity contribution in [1.82, 2.24) is 0 Å². The molecule has 0 aromatic carbocycles. The summed E-state index contributed by atoms with van der Waals surface area (Å²) in [6.07, 6.45) is 7.39. The van der Waals surface area contributed by atoms with Gasteiger partial charge in [0.25, 0.3) is 0 Å². The van der Waals surface area contributed by atoms with E-state index in [1.807, 2.05) is 0 Å². The summed E-state index contributed by atoms with van der Waals surface area (Å²) in [4.78, 5) is 0. The molecule has 0 unspecified atom stereocenters. The Bertz CT molecular complexity index is 210. The summed E-state index contributed by atoms with van der Waals surface area (Å²) in [5.74, 6) is 0.566. The second kappa shape index (κ2) is 2.86. The summed E-state index contributed by atoms with van der Waals surface area (Å²) in [5.41, 5.74) is 0.260. The Morgan fingerprint density at radius 3 is 3.08 bits per heavy atom. The minimum atomic E-state index is -0.862. The quantitative estimate of drug-likeness (QED) is 0.578. The average molecular weight is 168 g/mol. The molecule has 0 amide bonds. The Morgan fingerprint density at radius 2 is 2.33 bits per heavy atom. The molecule has 68 valence electrons. The molecule has 2 N–H and O–H groups in total. The van der Waals surface area contributed by atoms with Gasteiger partial charge in [-0.05, 0) is 43.6 Å². The van der Waals surface area contributed by atoms with Crippen LogP contribution in [0.25, 0.3) is 0 Å². The summed E-state index contributed by atoms with van der Waals surface area (Å²) in [6, 6.07) is 0. The fourth-order valence-corrected chi connectivity index (χ4v) is 2.59. The molecule has 2 aliphatic rings. The van der Waals surface area contributed by atoms with Gasteiger partial charge in [-0.25, -0.2) is 0 Å². The number of aliphatic hydroxyl groups is 2. The molecule has 1 saturated carbocycles. The van der Waals surface area contributed by atoms with Gasteiger partial charge in [0.15, 0.2) is 0 Å². The van der Waals surface area contributed by atoms with Crippen molar-refractivity contribution >= 4 is 0 Å². The first kappa shape index (κ1) is 8.27. The van der Waals surface area contributed by atoms with Gasteiger partial charge >= 0.3 is 0 Å². The maximum absolute atomic E-state index is 10.0. The highest BCUT2D eigenvalue weighted by atomic mass is 16.3. The van der Waals surface area contributed by atoms with Crippen LogP contribution in [-0.2, 0) is 0 Å². The molecule has 0 heterocycles. The molecule has 0 spiro atoms. The lowest BCUT2D eigenvalue weighted by Crippen LogP contribution is -2.40. The van der Waals surface area contributed by atoms with Crippen molar-refractivity contribution in [2.45, 2.75) is 37.7 Å². The molecule has 0 aliphatic heterocycles. The van der Waals surface area contributed by atoms with E-state index in [1.54, 1.807) is 0 Å². The van der Waals surface area contributed by atoms with Crippen molar-refractivity contribution < 1.29 is 10.2 Å². The monoisotopic (exact) mass is 168 g/mol. The summed E-state index contributed by atoms with van der Waals surface area (Å²) in [5, 5.41) is 19.1. The molecule has 2 atom stereocenters. The molecule has 2 aliphatic carbocycles. The van der Waals surface area contributed by atoms with Crippen LogP contribution in [0.2, 0.25) is 0 Å². The molecular weight excluding hydrogens is 152 g/mol. The van der Waals surface area contributed by atoms with E-state index < -0.39 is 5.60 Å². The SMILES string of the molecule is OC[C@@]1(O)CCC[C@@H]2CCC=C21. The highest BCUT2D eigenvalue weighted by Gasteiger charge is 2.40. The lowest BCUT2D eigenvalue weighted by atomic mass is 9.75. The van der Waals surface area contributed by atoms with Crippen LogP contribution in [-0.4, -0.2) is 22.4 Å². The van der Waals surface area contributed by atoms with Crippen molar-refractivity contribution in [2.24, 2.45) is 5.92 Å². The molecule has 1 fully saturated rings. The maximum Gasteiger partial charge on any atom is 0.109 e. The van der Waals surface area contributed by atoms with Gasteiger partial charge in [-0.2, -0.15) is 0 Å². The molecule has 2 rings (SSSR count). The van der Waals surface area contributed by atoms with Gasteiger partial charge in [-0.1, -0.05) is 6.08 Å². The molecule has 0 bridgehead atoms. The summed E-state index contributed by atoms with van der Waals surface area (Å²) in [6.45, 7) is -0.102. The van der Waals surface area contributed by atoms with Crippen molar-refractivity contribution in [3.05, 3.63) is 11.6 Å². The Labute approximate surface area is 72.9 Å². The molecule has 12 heavy (non-hydrogen) atoms. The van der Waals surface area contributed by atoms with Gasteiger partial charge in [0, 0.05) is 0 Å². The normalized spacial score (nSPS) is 40.8. The van der Waals surface area contributed by atoms with Crippen molar-refractivity contribution in [2.75, 3.05) is 6.61 Å². The number of allylic oxidation sites excluding steroid dienone is 1. The van der Waals surface area contributed by atoms with Gasteiger partial charge < -0.3 is 10.2 Å². The van der Waals surface area contributed by atoms with Gasteiger partial charge in [0.1, 0.15) is 5.60 Å². The standard InChI is InChI=1S/C10H16O2/c11-7-10(12)6-2-4-8-3-1-5-9(8)10/h5,8,11-12H,1-4,6-7H2/t8-,10-/m0/s1. The van der Waals surface area contributed by atoms with Gasteiger partial charge in [-0.3, -0.25) is 0 Å². The molecule has 0 saturated heterocycles. The Balaban J connectivity index is 2.23. The minimum absolute atomic E-state index is 0.102. The Kier molecular flexibility index (Phi) is 1.97. The predicted molar refractivity (Wildman–Crippen MR) is 46.7 cm³/mol. The van der Waals surface area contributed by atoms with Crippen LogP contribution in [0, 0.1) is 5.92 Å². The van der Waals surface area contributed by atoms with E-state index in [9.17, 15) is 5.11 Å². The second-order valence-electron chi connectivity index (χ2n) is 4.02. The third kappa shape index (κ3) is 1.10. The molecular formula is C10H16O2. The molecule has 0 aromatic heterocycles. The number of hydrogen-bond donors (Lipinski definition) is 2. The minimum Gasteiger partial charge on any atom is -0.393 e. The largest absolute Gasteiger partial charge is 0.393 e. The Morgan fingerprint density at radius 1 is 1.50 bits per heavy atom. The smallest absolute Gasteiger partial charge is 0.109 e. The van der Waals surface area contributed by atoms with Gasteiger partial charge in [-0.15, -0.1) is 0 Å². The van der Waals surface area contributed by atoms with E-state index in [-0.39, 0.29) is 6.61 Å².